The number of allylic oxidation sites excluding steroid dienone is 2. The van der Waals surface area contributed by atoms with Gasteiger partial charge in [0.05, 0.1) is 26.1 Å². The summed E-state index contributed by atoms with van der Waals surface area (Å²) in [6.07, 6.45) is 4.06. The van der Waals surface area contributed by atoms with Gasteiger partial charge in [-0.15, -0.1) is 13.2 Å². The molecule has 4 heteroatoms. The van der Waals surface area contributed by atoms with E-state index >= 15 is 0 Å². The van der Waals surface area contributed by atoms with E-state index in [-0.39, 0.29) is 11.8 Å². The first-order valence-electron chi connectivity index (χ1n) is 5.51. The Morgan fingerprint density at radius 3 is 1.59 bits per heavy atom. The van der Waals surface area contributed by atoms with Gasteiger partial charge in [-0.2, -0.15) is 0 Å². The first-order chi connectivity index (χ1) is 8.10. The summed E-state index contributed by atoms with van der Waals surface area (Å²) in [7, 11) is 2.64. The number of hydrogen-bond acceptors (Lipinski definition) is 4. The number of methoxy groups -OCH3 is 2. The zero-order chi connectivity index (χ0) is 13.0. The SMILES string of the molecule is C=CC1CC(C=C)C(C(=O)OC)C1C(=O)OC. The molecule has 0 aromatic carbocycles. The van der Waals surface area contributed by atoms with E-state index < -0.39 is 23.8 Å². The van der Waals surface area contributed by atoms with Crippen molar-refractivity contribution < 1.29 is 19.1 Å². The number of hydrogen-bond donors (Lipinski definition) is 0. The topological polar surface area (TPSA) is 52.6 Å². The Hall–Kier alpha value is -1.58. The summed E-state index contributed by atoms with van der Waals surface area (Å²) in [5.74, 6) is -1.98. The number of carbonyl (C=O) groups excluding carboxylic acids is 2. The average molecular weight is 238 g/mol. The summed E-state index contributed by atoms with van der Waals surface area (Å²) < 4.78 is 9.51. The molecule has 0 saturated heterocycles. The van der Waals surface area contributed by atoms with Gasteiger partial charge in [-0.1, -0.05) is 12.2 Å². The minimum Gasteiger partial charge on any atom is -0.469 e. The van der Waals surface area contributed by atoms with Gasteiger partial charge in [0.1, 0.15) is 0 Å². The molecule has 4 nitrogen and oxygen atoms in total. The van der Waals surface area contributed by atoms with E-state index in [0.29, 0.717) is 6.42 Å². The molecule has 1 fully saturated rings. The van der Waals surface area contributed by atoms with Crippen LogP contribution in [0.1, 0.15) is 6.42 Å². The summed E-state index contributed by atoms with van der Waals surface area (Å²) in [5, 5.41) is 0. The van der Waals surface area contributed by atoms with Crippen molar-refractivity contribution in [3.63, 3.8) is 0 Å². The molecule has 0 heterocycles. The Morgan fingerprint density at radius 1 is 1.00 bits per heavy atom. The molecular formula is C13H18O4. The van der Waals surface area contributed by atoms with Crippen LogP contribution in [0.5, 0.6) is 0 Å². The van der Waals surface area contributed by atoms with Crippen molar-refractivity contribution in [1.29, 1.82) is 0 Å². The van der Waals surface area contributed by atoms with Crippen LogP contribution in [0.25, 0.3) is 0 Å². The number of rotatable bonds is 4. The first-order valence-corrected chi connectivity index (χ1v) is 5.51. The highest BCUT2D eigenvalue weighted by molar-refractivity contribution is 5.83. The molecule has 4 unspecified atom stereocenters. The van der Waals surface area contributed by atoms with Crippen molar-refractivity contribution in [2.24, 2.45) is 23.7 Å². The molecule has 0 bridgehead atoms. The van der Waals surface area contributed by atoms with Crippen LogP contribution in [0.4, 0.5) is 0 Å². The Labute approximate surface area is 101 Å². The highest BCUT2D eigenvalue weighted by atomic mass is 16.5. The van der Waals surface area contributed by atoms with E-state index in [4.69, 9.17) is 9.47 Å². The molecule has 0 aromatic rings. The van der Waals surface area contributed by atoms with Gasteiger partial charge in [0.15, 0.2) is 0 Å². The molecule has 0 aromatic heterocycles. The van der Waals surface area contributed by atoms with Crippen molar-refractivity contribution >= 4 is 11.9 Å². The van der Waals surface area contributed by atoms with Crippen LogP contribution in [0, 0.1) is 23.7 Å². The highest BCUT2D eigenvalue weighted by Gasteiger charge is 2.49. The van der Waals surface area contributed by atoms with E-state index in [9.17, 15) is 9.59 Å². The monoisotopic (exact) mass is 238 g/mol. The second-order valence-electron chi connectivity index (χ2n) is 4.13. The van der Waals surface area contributed by atoms with Gasteiger partial charge in [0, 0.05) is 0 Å². The zero-order valence-corrected chi connectivity index (χ0v) is 10.2. The maximum atomic E-state index is 11.8. The number of esters is 2. The summed E-state index contributed by atoms with van der Waals surface area (Å²) in [6.45, 7) is 7.41. The minimum absolute atomic E-state index is 0.0745. The number of carbonyl (C=O) groups is 2. The van der Waals surface area contributed by atoms with Crippen LogP contribution in [0.2, 0.25) is 0 Å². The molecule has 1 aliphatic rings. The van der Waals surface area contributed by atoms with Gasteiger partial charge in [0.2, 0.25) is 0 Å². The second-order valence-corrected chi connectivity index (χ2v) is 4.13. The van der Waals surface area contributed by atoms with E-state index in [1.54, 1.807) is 12.2 Å². The van der Waals surface area contributed by atoms with Gasteiger partial charge in [0.25, 0.3) is 0 Å². The molecule has 1 rings (SSSR count). The molecule has 0 N–H and O–H groups in total. The van der Waals surface area contributed by atoms with Crippen LogP contribution in [-0.4, -0.2) is 26.2 Å². The van der Waals surface area contributed by atoms with Crippen LogP contribution < -0.4 is 0 Å². The third-order valence-corrected chi connectivity index (χ3v) is 3.41. The average Bonchev–Trinajstić information content (AvgIpc) is 2.75. The Morgan fingerprint density at radius 2 is 1.35 bits per heavy atom. The molecule has 1 saturated carbocycles. The fraction of sp³-hybridized carbons (Fsp3) is 0.538. The molecule has 0 amide bonds. The molecule has 0 spiro atoms. The van der Waals surface area contributed by atoms with Crippen LogP contribution in [0.3, 0.4) is 0 Å². The zero-order valence-electron chi connectivity index (χ0n) is 10.2. The van der Waals surface area contributed by atoms with Gasteiger partial charge in [-0.3, -0.25) is 9.59 Å². The van der Waals surface area contributed by atoms with Crippen LogP contribution in [-0.2, 0) is 19.1 Å². The smallest absolute Gasteiger partial charge is 0.310 e. The van der Waals surface area contributed by atoms with Gasteiger partial charge >= 0.3 is 11.9 Å². The van der Waals surface area contributed by atoms with E-state index in [0.717, 1.165) is 0 Å². The van der Waals surface area contributed by atoms with E-state index in [1.807, 2.05) is 0 Å². The maximum absolute atomic E-state index is 11.8. The third kappa shape index (κ3) is 2.40. The standard InChI is InChI=1S/C13H18O4/c1-5-8-7-9(6-2)11(13(15)17-4)10(8)12(14)16-3/h5-6,8-11H,1-2,7H2,3-4H3. The summed E-state index contributed by atoms with van der Waals surface area (Å²) in [6, 6.07) is 0. The van der Waals surface area contributed by atoms with E-state index in [1.165, 1.54) is 14.2 Å². The van der Waals surface area contributed by atoms with Gasteiger partial charge in [-0.25, -0.2) is 0 Å². The third-order valence-electron chi connectivity index (χ3n) is 3.41. The number of ether oxygens (including phenoxy) is 2. The Balaban J connectivity index is 3.07. The highest BCUT2D eigenvalue weighted by Crippen LogP contribution is 2.44. The molecule has 17 heavy (non-hydrogen) atoms. The Kier molecular flexibility index (Phi) is 4.49. The lowest BCUT2D eigenvalue weighted by molar-refractivity contribution is -0.157. The van der Waals surface area contributed by atoms with Crippen molar-refractivity contribution in [3.05, 3.63) is 25.3 Å². The lowest BCUT2D eigenvalue weighted by Gasteiger charge is -2.20. The molecular weight excluding hydrogens is 220 g/mol. The Bertz CT molecular complexity index is 302. The second kappa shape index (κ2) is 5.66. The molecule has 4 atom stereocenters. The van der Waals surface area contributed by atoms with Gasteiger partial charge < -0.3 is 9.47 Å². The fourth-order valence-corrected chi connectivity index (χ4v) is 2.54. The fourth-order valence-electron chi connectivity index (χ4n) is 2.54. The molecule has 0 aliphatic heterocycles. The lowest BCUT2D eigenvalue weighted by atomic mass is 9.87. The predicted molar refractivity (Wildman–Crippen MR) is 63.0 cm³/mol. The minimum atomic E-state index is -0.520. The summed E-state index contributed by atoms with van der Waals surface area (Å²) >= 11 is 0. The predicted octanol–water partition coefficient (Wildman–Crippen LogP) is 1.57. The normalized spacial score (nSPS) is 31.6. The van der Waals surface area contributed by atoms with Crippen molar-refractivity contribution in [1.82, 2.24) is 0 Å². The van der Waals surface area contributed by atoms with Crippen molar-refractivity contribution in [2.45, 2.75) is 6.42 Å². The maximum Gasteiger partial charge on any atom is 0.310 e. The van der Waals surface area contributed by atoms with Crippen LogP contribution >= 0.6 is 0 Å². The quantitative estimate of drug-likeness (QED) is 0.551. The first kappa shape index (κ1) is 13.5. The van der Waals surface area contributed by atoms with Gasteiger partial charge in [-0.05, 0) is 18.3 Å². The molecule has 1 aliphatic carbocycles. The van der Waals surface area contributed by atoms with Crippen LogP contribution in [0.15, 0.2) is 25.3 Å². The lowest BCUT2D eigenvalue weighted by Crippen LogP contribution is -2.32. The molecule has 94 valence electrons. The van der Waals surface area contributed by atoms with Crippen molar-refractivity contribution in [2.75, 3.05) is 14.2 Å². The summed E-state index contributed by atoms with van der Waals surface area (Å²) in [4.78, 5) is 23.5. The van der Waals surface area contributed by atoms with Crippen molar-refractivity contribution in [3.8, 4) is 0 Å². The largest absolute Gasteiger partial charge is 0.469 e. The van der Waals surface area contributed by atoms with E-state index in [2.05, 4.69) is 13.2 Å². The summed E-state index contributed by atoms with van der Waals surface area (Å²) in [5.41, 5.74) is 0. The molecule has 0 radical (unpaired) electrons.